The molecule has 0 saturated carbocycles. The van der Waals surface area contributed by atoms with Crippen molar-refractivity contribution >= 4 is 23.5 Å². The van der Waals surface area contributed by atoms with Gasteiger partial charge in [0.1, 0.15) is 0 Å². The van der Waals surface area contributed by atoms with Crippen LogP contribution in [0.2, 0.25) is 5.02 Å². The van der Waals surface area contributed by atoms with Crippen molar-refractivity contribution in [1.29, 1.82) is 0 Å². The molecule has 0 radical (unpaired) electrons. The zero-order valence-corrected chi connectivity index (χ0v) is 12.4. The molecular weight excluding hydrogens is 327 g/mol. The smallest absolute Gasteiger partial charge is 0.416 e. The Kier molecular flexibility index (Phi) is 5.42. The summed E-state index contributed by atoms with van der Waals surface area (Å²) in [5.74, 6) is -1.91. The molecule has 1 atom stereocenters. The summed E-state index contributed by atoms with van der Waals surface area (Å²) in [6.45, 7) is 0.560. The maximum atomic E-state index is 12.6. The molecule has 9 heteroatoms. The molecule has 0 heterocycles. The van der Waals surface area contributed by atoms with Gasteiger partial charge < -0.3 is 15.2 Å². The van der Waals surface area contributed by atoms with Gasteiger partial charge in [-0.15, -0.1) is 0 Å². The molecule has 1 amide bonds. The molecule has 22 heavy (non-hydrogen) atoms. The highest BCUT2D eigenvalue weighted by Crippen LogP contribution is 2.31. The Balaban J connectivity index is 2.91. The summed E-state index contributed by atoms with van der Waals surface area (Å²) in [6, 6.07) is 2.34. The first-order valence-electron chi connectivity index (χ1n) is 5.94. The van der Waals surface area contributed by atoms with Gasteiger partial charge in [0, 0.05) is 10.6 Å². The van der Waals surface area contributed by atoms with E-state index in [1.165, 1.54) is 0 Å². The molecule has 2 N–H and O–H groups in total. The molecule has 0 spiro atoms. The minimum atomic E-state index is -4.66. The first-order chi connectivity index (χ1) is 9.97. The van der Waals surface area contributed by atoms with Crippen LogP contribution in [0.1, 0.15) is 22.8 Å². The van der Waals surface area contributed by atoms with Crippen LogP contribution in [-0.2, 0) is 15.7 Å². The van der Waals surface area contributed by atoms with Gasteiger partial charge in [0.2, 0.25) is 0 Å². The van der Waals surface area contributed by atoms with Crippen LogP contribution in [0.4, 0.5) is 13.2 Å². The standard InChI is InChI=1S/C13H13ClF3NO4/c1-12(21,11(20)22-2)6-18-10(19)7-3-8(13(15,16)17)5-9(14)4-7/h3-5,21H,6H2,1-2H3,(H,18,19)/t12-/m1/s1. The molecule has 0 fully saturated rings. The summed E-state index contributed by atoms with van der Waals surface area (Å²) in [5, 5.41) is 11.6. The number of hydrogen-bond donors (Lipinski definition) is 2. The zero-order valence-electron chi connectivity index (χ0n) is 11.6. The number of esters is 1. The van der Waals surface area contributed by atoms with E-state index in [0.717, 1.165) is 20.1 Å². The highest BCUT2D eigenvalue weighted by Gasteiger charge is 2.33. The van der Waals surface area contributed by atoms with Crippen LogP contribution in [0.5, 0.6) is 0 Å². The Morgan fingerprint density at radius 1 is 1.32 bits per heavy atom. The third-order valence-corrected chi connectivity index (χ3v) is 2.92. The normalized spacial score (nSPS) is 14.1. The largest absolute Gasteiger partial charge is 0.467 e. The second kappa shape index (κ2) is 6.53. The number of methoxy groups -OCH3 is 1. The van der Waals surface area contributed by atoms with E-state index in [4.69, 9.17) is 11.6 Å². The lowest BCUT2D eigenvalue weighted by Gasteiger charge is -2.20. The fourth-order valence-electron chi connectivity index (χ4n) is 1.53. The van der Waals surface area contributed by atoms with Crippen LogP contribution in [0.3, 0.4) is 0 Å². The molecule has 0 unspecified atom stereocenters. The van der Waals surface area contributed by atoms with Crippen molar-refractivity contribution in [3.05, 3.63) is 34.3 Å². The van der Waals surface area contributed by atoms with Crippen molar-refractivity contribution in [2.45, 2.75) is 18.7 Å². The lowest BCUT2D eigenvalue weighted by molar-refractivity contribution is -0.159. The van der Waals surface area contributed by atoms with Crippen LogP contribution >= 0.6 is 11.6 Å². The van der Waals surface area contributed by atoms with E-state index < -0.39 is 35.8 Å². The van der Waals surface area contributed by atoms with E-state index >= 15 is 0 Å². The highest BCUT2D eigenvalue weighted by atomic mass is 35.5. The van der Waals surface area contributed by atoms with Crippen molar-refractivity contribution < 1.29 is 32.6 Å². The first kappa shape index (κ1) is 18.2. The summed E-state index contributed by atoms with van der Waals surface area (Å²) >= 11 is 5.56. The van der Waals surface area contributed by atoms with Crippen molar-refractivity contribution in [3.8, 4) is 0 Å². The van der Waals surface area contributed by atoms with Gasteiger partial charge >= 0.3 is 12.1 Å². The van der Waals surface area contributed by atoms with Crippen LogP contribution in [0, 0.1) is 0 Å². The minimum absolute atomic E-state index is 0.264. The summed E-state index contributed by atoms with van der Waals surface area (Å²) < 4.78 is 42.3. The Labute approximate surface area is 129 Å². The van der Waals surface area contributed by atoms with E-state index in [-0.39, 0.29) is 10.6 Å². The molecule has 0 aliphatic rings. The number of halogens is 4. The average molecular weight is 340 g/mol. The number of aliphatic hydroxyl groups is 1. The number of carbonyl (C=O) groups excluding carboxylic acids is 2. The van der Waals surface area contributed by atoms with Crippen LogP contribution in [0.15, 0.2) is 18.2 Å². The number of nitrogens with one attached hydrogen (secondary N) is 1. The Hall–Kier alpha value is -1.80. The fourth-order valence-corrected chi connectivity index (χ4v) is 1.77. The van der Waals surface area contributed by atoms with Crippen LogP contribution in [0.25, 0.3) is 0 Å². The van der Waals surface area contributed by atoms with Gasteiger partial charge in [-0.05, 0) is 25.1 Å². The van der Waals surface area contributed by atoms with Gasteiger partial charge in [-0.25, -0.2) is 4.79 Å². The molecule has 1 aromatic carbocycles. The van der Waals surface area contributed by atoms with E-state index in [1.807, 2.05) is 0 Å². The number of alkyl halides is 3. The summed E-state index contributed by atoms with van der Waals surface area (Å²) in [7, 11) is 1.05. The third-order valence-electron chi connectivity index (χ3n) is 2.71. The SMILES string of the molecule is COC(=O)[C@](C)(O)CNC(=O)c1cc(Cl)cc(C(F)(F)F)c1. The molecular formula is C13H13ClF3NO4. The second-order valence-electron chi connectivity index (χ2n) is 4.67. The molecule has 0 aliphatic carbocycles. The fraction of sp³-hybridized carbons (Fsp3) is 0.385. The topological polar surface area (TPSA) is 75.6 Å². The second-order valence-corrected chi connectivity index (χ2v) is 5.11. The number of hydrogen-bond acceptors (Lipinski definition) is 4. The first-order valence-corrected chi connectivity index (χ1v) is 6.32. The Morgan fingerprint density at radius 3 is 2.41 bits per heavy atom. The maximum absolute atomic E-state index is 12.6. The number of amides is 1. The molecule has 1 aromatic rings. The summed E-state index contributed by atoms with van der Waals surface area (Å²) in [6.07, 6.45) is -4.66. The predicted octanol–water partition coefficient (Wildman–Crippen LogP) is 2.01. The van der Waals surface area contributed by atoms with E-state index in [2.05, 4.69) is 10.1 Å². The maximum Gasteiger partial charge on any atom is 0.416 e. The number of benzene rings is 1. The molecule has 0 bridgehead atoms. The predicted molar refractivity (Wildman–Crippen MR) is 71.4 cm³/mol. The Morgan fingerprint density at radius 2 is 1.91 bits per heavy atom. The van der Waals surface area contributed by atoms with E-state index in [9.17, 15) is 27.9 Å². The lowest BCUT2D eigenvalue weighted by Crippen LogP contribution is -2.47. The highest BCUT2D eigenvalue weighted by molar-refractivity contribution is 6.31. The van der Waals surface area contributed by atoms with Gasteiger partial charge in [-0.1, -0.05) is 11.6 Å². The van der Waals surface area contributed by atoms with Crippen molar-refractivity contribution in [2.24, 2.45) is 0 Å². The molecule has 0 saturated heterocycles. The monoisotopic (exact) mass is 339 g/mol. The number of ether oxygens (including phenoxy) is 1. The molecule has 0 aromatic heterocycles. The van der Waals surface area contributed by atoms with E-state index in [1.54, 1.807) is 0 Å². The molecule has 1 rings (SSSR count). The molecule has 5 nitrogen and oxygen atoms in total. The van der Waals surface area contributed by atoms with Crippen molar-refractivity contribution in [3.63, 3.8) is 0 Å². The minimum Gasteiger partial charge on any atom is -0.467 e. The van der Waals surface area contributed by atoms with Gasteiger partial charge in [-0.3, -0.25) is 4.79 Å². The molecule has 122 valence electrons. The average Bonchev–Trinajstić information content (AvgIpc) is 2.42. The van der Waals surface area contributed by atoms with Gasteiger partial charge in [0.05, 0.1) is 19.2 Å². The lowest BCUT2D eigenvalue weighted by atomic mass is 10.1. The van der Waals surface area contributed by atoms with Crippen molar-refractivity contribution in [2.75, 3.05) is 13.7 Å². The van der Waals surface area contributed by atoms with Crippen LogP contribution in [-0.4, -0.2) is 36.2 Å². The number of rotatable bonds is 4. The zero-order chi connectivity index (χ0) is 17.1. The van der Waals surface area contributed by atoms with Crippen molar-refractivity contribution in [1.82, 2.24) is 5.32 Å². The number of carbonyl (C=O) groups is 2. The summed E-state index contributed by atoms with van der Waals surface area (Å²) in [4.78, 5) is 23.1. The quantitative estimate of drug-likeness (QED) is 0.823. The third kappa shape index (κ3) is 4.60. The van der Waals surface area contributed by atoms with Crippen LogP contribution < -0.4 is 5.32 Å². The Bertz CT molecular complexity index is 587. The van der Waals surface area contributed by atoms with Gasteiger partial charge in [-0.2, -0.15) is 13.2 Å². The van der Waals surface area contributed by atoms with Gasteiger partial charge in [0.15, 0.2) is 5.60 Å². The van der Waals surface area contributed by atoms with Gasteiger partial charge in [0.25, 0.3) is 5.91 Å². The molecule has 0 aliphatic heterocycles. The van der Waals surface area contributed by atoms with E-state index in [0.29, 0.717) is 12.1 Å². The summed E-state index contributed by atoms with van der Waals surface area (Å²) in [5.41, 5.74) is -3.43.